The van der Waals surface area contributed by atoms with Gasteiger partial charge >= 0.3 is 51.4 Å². The van der Waals surface area contributed by atoms with Gasteiger partial charge in [0.1, 0.15) is 0 Å². The van der Waals surface area contributed by atoms with Crippen molar-refractivity contribution in [2.24, 2.45) is 0 Å². The average molecular weight is 111 g/mol. The van der Waals surface area contributed by atoms with Crippen molar-refractivity contribution in [3.8, 4) is 6.07 Å². The smallest absolute Gasteiger partial charge is 1.00 e. The second-order valence-corrected chi connectivity index (χ2v) is 0.632. The largest absolute Gasteiger partial charge is 1.00 e. The van der Waals surface area contributed by atoms with E-state index in [0.717, 1.165) is 0 Å². The molecule has 0 atom stereocenters. The molecule has 0 saturated heterocycles. The zero-order valence-corrected chi connectivity index (χ0v) is 6.93. The van der Waals surface area contributed by atoms with Crippen molar-refractivity contribution >= 4 is 0 Å². The van der Waals surface area contributed by atoms with Crippen LogP contribution in [0.3, 0.4) is 0 Å². The topological polar surface area (TPSA) is 44.0 Å². The minimum Gasteiger partial charge on any atom is -1.00 e. The third-order valence-electron chi connectivity index (χ3n) is 0.224. The molecular weight excluding hydrogens is 105 g/mol. The van der Waals surface area contributed by atoms with Crippen LogP contribution >= 0.6 is 0 Å². The maximum atomic E-state index is 7.84. The first kappa shape index (κ1) is 10.1. The van der Waals surface area contributed by atoms with E-state index >= 15 is 0 Å². The molecule has 0 aliphatic rings. The molecule has 0 aliphatic heterocycles. The first-order valence-corrected chi connectivity index (χ1v) is 1.39. The number of nitrogens with zero attached hydrogens (tertiary/aromatic N) is 1. The predicted molar refractivity (Wildman–Crippen MR) is 18.4 cm³/mol. The van der Waals surface area contributed by atoms with Crippen LogP contribution in [0.15, 0.2) is 0 Å². The summed E-state index contributed by atoms with van der Waals surface area (Å²) < 4.78 is 0. The predicted octanol–water partition coefficient (Wildman–Crippen LogP) is -2.99. The SMILES string of the molecule is N#CCCO.[H-].[K+]. The second kappa shape index (κ2) is 9.43. The summed E-state index contributed by atoms with van der Waals surface area (Å²) in [5.41, 5.74) is 0. The monoisotopic (exact) mass is 111 g/mol. The summed E-state index contributed by atoms with van der Waals surface area (Å²) in [6.07, 6.45) is 0.250. The summed E-state index contributed by atoms with van der Waals surface area (Å²) in [6.45, 7) is -0.0174. The minimum absolute atomic E-state index is 0. The van der Waals surface area contributed by atoms with Gasteiger partial charge in [0, 0.05) is 0 Å². The molecule has 0 aromatic heterocycles. The van der Waals surface area contributed by atoms with E-state index in [2.05, 4.69) is 0 Å². The van der Waals surface area contributed by atoms with Gasteiger partial charge in [-0.1, -0.05) is 0 Å². The molecule has 2 nitrogen and oxygen atoms in total. The Bertz CT molecular complexity index is 53.4. The molecule has 0 spiro atoms. The molecule has 0 fully saturated rings. The summed E-state index contributed by atoms with van der Waals surface area (Å²) in [5, 5.41) is 15.5. The van der Waals surface area contributed by atoms with Crippen LogP contribution in [0.25, 0.3) is 0 Å². The number of aliphatic hydroxyl groups is 1. The van der Waals surface area contributed by atoms with Gasteiger partial charge in [0.15, 0.2) is 0 Å². The van der Waals surface area contributed by atoms with Crippen molar-refractivity contribution in [1.29, 1.82) is 5.26 Å². The molecule has 0 heterocycles. The van der Waals surface area contributed by atoms with Crippen LogP contribution in [-0.4, -0.2) is 11.7 Å². The Morgan fingerprint density at radius 2 is 2.33 bits per heavy atom. The Morgan fingerprint density at radius 1 is 1.83 bits per heavy atom. The van der Waals surface area contributed by atoms with E-state index in [-0.39, 0.29) is 65.8 Å². The van der Waals surface area contributed by atoms with Crippen LogP contribution in [-0.2, 0) is 0 Å². The van der Waals surface area contributed by atoms with Crippen LogP contribution in [0, 0.1) is 11.3 Å². The average Bonchev–Trinajstić information content (AvgIpc) is 1.41. The Hall–Kier alpha value is 1.09. The van der Waals surface area contributed by atoms with E-state index in [1.165, 1.54) is 0 Å². The number of nitriles is 1. The normalized spacial score (nSPS) is 5.33. The summed E-state index contributed by atoms with van der Waals surface area (Å²) in [6, 6.07) is 1.77. The van der Waals surface area contributed by atoms with Crippen LogP contribution < -0.4 is 51.4 Å². The number of aliphatic hydroxyl groups excluding tert-OH is 1. The first-order valence-electron chi connectivity index (χ1n) is 1.39. The van der Waals surface area contributed by atoms with Gasteiger partial charge in [0.25, 0.3) is 0 Å². The van der Waals surface area contributed by atoms with Crippen LogP contribution in [0.5, 0.6) is 0 Å². The molecule has 0 rings (SSSR count). The van der Waals surface area contributed by atoms with Gasteiger partial charge < -0.3 is 6.53 Å². The first-order chi connectivity index (χ1) is 2.41. The Morgan fingerprint density at radius 3 is 2.33 bits per heavy atom. The van der Waals surface area contributed by atoms with E-state index < -0.39 is 0 Å². The molecule has 0 aliphatic carbocycles. The van der Waals surface area contributed by atoms with Gasteiger partial charge in [-0.05, 0) is 0 Å². The fourth-order valence-corrected chi connectivity index (χ4v) is 0.0500. The van der Waals surface area contributed by atoms with Crippen molar-refractivity contribution in [3.05, 3.63) is 0 Å². The van der Waals surface area contributed by atoms with Crippen LogP contribution in [0.4, 0.5) is 0 Å². The summed E-state index contributed by atoms with van der Waals surface area (Å²) >= 11 is 0. The van der Waals surface area contributed by atoms with Crippen molar-refractivity contribution in [2.75, 3.05) is 6.61 Å². The zero-order valence-electron chi connectivity index (χ0n) is 4.81. The quantitative estimate of drug-likeness (QED) is 0.367. The molecule has 1 N–H and O–H groups in total. The molecule has 3 heteroatoms. The zero-order chi connectivity index (χ0) is 4.12. The second-order valence-electron chi connectivity index (χ2n) is 0.632. The summed E-state index contributed by atoms with van der Waals surface area (Å²) in [5.74, 6) is 0. The fourth-order valence-electron chi connectivity index (χ4n) is 0.0500. The molecule has 0 aromatic rings. The maximum absolute atomic E-state index is 7.84. The fraction of sp³-hybridized carbons (Fsp3) is 0.667. The molecule has 0 amide bonds. The number of rotatable bonds is 1. The van der Waals surface area contributed by atoms with E-state index in [9.17, 15) is 0 Å². The Balaban J connectivity index is -0.0000000800. The van der Waals surface area contributed by atoms with E-state index in [1.807, 2.05) is 0 Å². The summed E-state index contributed by atoms with van der Waals surface area (Å²) in [4.78, 5) is 0. The van der Waals surface area contributed by atoms with Crippen molar-refractivity contribution in [1.82, 2.24) is 0 Å². The number of hydrogen-bond acceptors (Lipinski definition) is 2. The van der Waals surface area contributed by atoms with Gasteiger partial charge in [-0.2, -0.15) is 5.26 Å². The Kier molecular flexibility index (Phi) is 15.9. The van der Waals surface area contributed by atoms with Crippen molar-refractivity contribution in [3.63, 3.8) is 0 Å². The third kappa shape index (κ3) is 8.92. The molecule has 0 aromatic carbocycles. The van der Waals surface area contributed by atoms with Gasteiger partial charge in [-0.25, -0.2) is 0 Å². The molecular formula is C3H6KNO. The van der Waals surface area contributed by atoms with Gasteiger partial charge in [0.2, 0.25) is 0 Å². The number of hydrogen-bond donors (Lipinski definition) is 1. The Labute approximate surface area is 81.1 Å². The van der Waals surface area contributed by atoms with E-state index in [4.69, 9.17) is 10.4 Å². The molecule has 0 saturated carbocycles. The van der Waals surface area contributed by atoms with E-state index in [1.54, 1.807) is 6.07 Å². The van der Waals surface area contributed by atoms with Gasteiger partial charge in [-0.15, -0.1) is 0 Å². The molecule has 0 radical (unpaired) electrons. The molecule has 0 unspecified atom stereocenters. The van der Waals surface area contributed by atoms with Gasteiger partial charge in [-0.3, -0.25) is 0 Å². The molecule has 30 valence electrons. The minimum atomic E-state index is -0.0174. The third-order valence-corrected chi connectivity index (χ3v) is 0.224. The van der Waals surface area contributed by atoms with Crippen molar-refractivity contribution < 1.29 is 57.9 Å². The van der Waals surface area contributed by atoms with Crippen molar-refractivity contribution in [2.45, 2.75) is 6.42 Å². The summed E-state index contributed by atoms with van der Waals surface area (Å²) in [7, 11) is 0. The van der Waals surface area contributed by atoms with Gasteiger partial charge in [0.05, 0.1) is 19.1 Å². The van der Waals surface area contributed by atoms with Crippen LogP contribution in [0.2, 0.25) is 0 Å². The maximum Gasteiger partial charge on any atom is 1.00 e. The molecule has 0 bridgehead atoms. The molecule has 6 heavy (non-hydrogen) atoms. The standard InChI is InChI=1S/C3H5NO.K.H/c4-2-1-3-5;;/h5H,1,3H2;;/q;+1;-1. The van der Waals surface area contributed by atoms with Crippen LogP contribution in [0.1, 0.15) is 7.85 Å². The van der Waals surface area contributed by atoms with E-state index in [0.29, 0.717) is 0 Å².